The lowest BCUT2D eigenvalue weighted by Crippen LogP contribution is -2.40. The molecule has 0 aliphatic carbocycles. The topological polar surface area (TPSA) is 79.5 Å². The van der Waals surface area contributed by atoms with Crippen LogP contribution in [0.2, 0.25) is 0 Å². The van der Waals surface area contributed by atoms with Gasteiger partial charge in [0, 0.05) is 25.2 Å². The van der Waals surface area contributed by atoms with E-state index in [1.165, 1.54) is 12.1 Å². The van der Waals surface area contributed by atoms with Gasteiger partial charge < -0.3 is 20.7 Å². The first-order valence-corrected chi connectivity index (χ1v) is 7.36. The predicted molar refractivity (Wildman–Crippen MR) is 86.5 cm³/mol. The Hall–Kier alpha value is -1.70. The van der Waals surface area contributed by atoms with Gasteiger partial charge in [-0.2, -0.15) is 0 Å². The molecule has 1 saturated heterocycles. The number of rotatable bonds is 3. The number of amides is 2. The first-order chi connectivity index (χ1) is 10.6. The highest BCUT2D eigenvalue weighted by Gasteiger charge is 2.21. The monoisotopic (exact) mass is 343 g/mol. The van der Waals surface area contributed by atoms with Gasteiger partial charge in [-0.1, -0.05) is 0 Å². The molecule has 2 aliphatic heterocycles. The number of hydrogen-bond donors (Lipinski definition) is 3. The molecule has 1 unspecified atom stereocenters. The van der Waals surface area contributed by atoms with Crippen LogP contribution in [0.5, 0.6) is 0 Å². The second-order valence-electron chi connectivity index (χ2n) is 5.49. The van der Waals surface area contributed by atoms with Crippen LogP contribution in [0.25, 0.3) is 0 Å². The zero-order valence-electron chi connectivity index (χ0n) is 12.5. The average Bonchev–Trinajstić information content (AvgIpc) is 2.49. The summed E-state index contributed by atoms with van der Waals surface area (Å²) in [5.74, 6) is -0.904. The molecule has 6 nitrogen and oxygen atoms in total. The molecule has 23 heavy (non-hydrogen) atoms. The van der Waals surface area contributed by atoms with Crippen molar-refractivity contribution in [1.82, 2.24) is 5.32 Å². The fourth-order valence-electron chi connectivity index (χ4n) is 2.65. The summed E-state index contributed by atoms with van der Waals surface area (Å²) in [5.41, 5.74) is 1.38. The van der Waals surface area contributed by atoms with E-state index in [1.807, 2.05) is 0 Å². The molecule has 2 heterocycles. The quantitative estimate of drug-likeness (QED) is 0.776. The zero-order chi connectivity index (χ0) is 15.5. The van der Waals surface area contributed by atoms with Crippen molar-refractivity contribution in [2.75, 3.05) is 30.3 Å². The maximum Gasteiger partial charge on any atom is 0.227 e. The number of fused-ring (bicyclic) bond motifs is 1. The van der Waals surface area contributed by atoms with Crippen molar-refractivity contribution in [2.45, 2.75) is 25.4 Å². The van der Waals surface area contributed by atoms with Crippen molar-refractivity contribution >= 4 is 35.6 Å². The fraction of sp³-hybridized carbons (Fsp3) is 0.467. The summed E-state index contributed by atoms with van der Waals surface area (Å²) in [4.78, 5) is 23.4. The molecular formula is C15H19ClFN3O3. The third-order valence-electron chi connectivity index (χ3n) is 3.78. The van der Waals surface area contributed by atoms with E-state index in [0.717, 1.165) is 12.1 Å². The molecule has 2 aliphatic rings. The van der Waals surface area contributed by atoms with Gasteiger partial charge in [-0.15, -0.1) is 12.4 Å². The Morgan fingerprint density at radius 3 is 2.96 bits per heavy atom. The molecule has 1 atom stereocenters. The minimum Gasteiger partial charge on any atom is -0.375 e. The first-order valence-electron chi connectivity index (χ1n) is 7.36. The molecule has 126 valence electrons. The third kappa shape index (κ3) is 4.40. The van der Waals surface area contributed by atoms with Crippen LogP contribution in [-0.4, -0.2) is 37.6 Å². The summed E-state index contributed by atoms with van der Waals surface area (Å²) in [6, 6.07) is 2.84. The van der Waals surface area contributed by atoms with Crippen LogP contribution in [0.4, 0.5) is 15.8 Å². The van der Waals surface area contributed by atoms with Gasteiger partial charge in [0.2, 0.25) is 11.8 Å². The molecule has 0 bridgehead atoms. The molecule has 8 heteroatoms. The van der Waals surface area contributed by atoms with Crippen LogP contribution in [0.1, 0.15) is 18.4 Å². The molecule has 2 amide bonds. The molecule has 1 fully saturated rings. The number of aryl methyl sites for hydroxylation is 1. The number of halogens is 2. The normalized spacial score (nSPS) is 20.0. The van der Waals surface area contributed by atoms with Crippen LogP contribution < -0.4 is 16.0 Å². The van der Waals surface area contributed by atoms with Crippen molar-refractivity contribution < 1.29 is 18.7 Å². The average molecular weight is 344 g/mol. The molecule has 3 N–H and O–H groups in total. The number of hydrogen-bond acceptors (Lipinski definition) is 4. The van der Waals surface area contributed by atoms with Crippen molar-refractivity contribution in [1.29, 1.82) is 0 Å². The van der Waals surface area contributed by atoms with Gasteiger partial charge in [0.15, 0.2) is 0 Å². The second-order valence-corrected chi connectivity index (χ2v) is 5.49. The minimum absolute atomic E-state index is 0. The van der Waals surface area contributed by atoms with Gasteiger partial charge in [-0.05, 0) is 24.1 Å². The third-order valence-corrected chi connectivity index (χ3v) is 3.78. The number of nitrogens with one attached hydrogen (secondary N) is 3. The lowest BCUT2D eigenvalue weighted by Gasteiger charge is -2.23. The number of benzene rings is 1. The van der Waals surface area contributed by atoms with E-state index < -0.39 is 5.82 Å². The van der Waals surface area contributed by atoms with Crippen molar-refractivity contribution in [3.05, 3.63) is 23.5 Å². The number of anilines is 2. The highest BCUT2D eigenvalue weighted by atomic mass is 35.5. The van der Waals surface area contributed by atoms with Gasteiger partial charge in [-0.3, -0.25) is 9.59 Å². The van der Waals surface area contributed by atoms with E-state index in [4.69, 9.17) is 4.74 Å². The summed E-state index contributed by atoms with van der Waals surface area (Å²) in [5, 5.41) is 8.37. The predicted octanol–water partition coefficient (Wildman–Crippen LogP) is 1.45. The van der Waals surface area contributed by atoms with Gasteiger partial charge >= 0.3 is 0 Å². The SMILES string of the molecule is Cl.O=C(CC1CNCCO1)Nc1cc2c(cc1F)CCC(=O)N2. The Morgan fingerprint density at radius 1 is 1.39 bits per heavy atom. The van der Waals surface area contributed by atoms with E-state index in [1.54, 1.807) is 0 Å². The molecule has 0 radical (unpaired) electrons. The summed E-state index contributed by atoms with van der Waals surface area (Å²) in [7, 11) is 0. The standard InChI is InChI=1S/C15H18FN3O3.ClH/c16-11-5-9-1-2-14(20)18-12(9)7-13(11)19-15(21)6-10-8-17-3-4-22-10;/h5,7,10,17H,1-4,6,8H2,(H,18,20)(H,19,21);1H. The summed E-state index contributed by atoms with van der Waals surface area (Å²) in [6.07, 6.45) is 0.822. The lowest BCUT2D eigenvalue weighted by atomic mass is 10.0. The van der Waals surface area contributed by atoms with E-state index in [9.17, 15) is 14.0 Å². The van der Waals surface area contributed by atoms with E-state index in [0.29, 0.717) is 31.7 Å². The van der Waals surface area contributed by atoms with E-state index in [2.05, 4.69) is 16.0 Å². The molecule has 1 aromatic carbocycles. The summed E-state index contributed by atoms with van der Waals surface area (Å²) in [6.45, 7) is 1.95. The zero-order valence-corrected chi connectivity index (χ0v) is 13.3. The van der Waals surface area contributed by atoms with Gasteiger partial charge in [0.1, 0.15) is 5.82 Å². The van der Waals surface area contributed by atoms with E-state index in [-0.39, 0.29) is 42.4 Å². The van der Waals surface area contributed by atoms with Gasteiger partial charge in [0.05, 0.1) is 24.8 Å². The number of carbonyl (C=O) groups is 2. The Bertz CT molecular complexity index is 606. The Morgan fingerprint density at radius 2 is 2.22 bits per heavy atom. The maximum absolute atomic E-state index is 14.0. The highest BCUT2D eigenvalue weighted by Crippen LogP contribution is 2.28. The van der Waals surface area contributed by atoms with Crippen LogP contribution >= 0.6 is 12.4 Å². The Labute approximate surface area is 139 Å². The largest absolute Gasteiger partial charge is 0.375 e. The van der Waals surface area contributed by atoms with Crippen molar-refractivity contribution in [3.8, 4) is 0 Å². The van der Waals surface area contributed by atoms with E-state index >= 15 is 0 Å². The number of ether oxygens (including phenoxy) is 1. The number of morpholine rings is 1. The van der Waals surface area contributed by atoms with Crippen LogP contribution in [0.3, 0.4) is 0 Å². The second kappa shape index (κ2) is 7.72. The summed E-state index contributed by atoms with van der Waals surface area (Å²) >= 11 is 0. The molecule has 0 spiro atoms. The fourth-order valence-corrected chi connectivity index (χ4v) is 2.65. The Kier molecular flexibility index (Phi) is 5.92. The smallest absolute Gasteiger partial charge is 0.227 e. The lowest BCUT2D eigenvalue weighted by molar-refractivity contribution is -0.119. The summed E-state index contributed by atoms with van der Waals surface area (Å²) < 4.78 is 19.5. The first kappa shape index (κ1) is 17.7. The van der Waals surface area contributed by atoms with Gasteiger partial charge in [-0.25, -0.2) is 4.39 Å². The maximum atomic E-state index is 14.0. The van der Waals surface area contributed by atoms with Crippen molar-refractivity contribution in [2.24, 2.45) is 0 Å². The van der Waals surface area contributed by atoms with Gasteiger partial charge in [0.25, 0.3) is 0 Å². The van der Waals surface area contributed by atoms with Crippen molar-refractivity contribution in [3.63, 3.8) is 0 Å². The minimum atomic E-state index is -0.495. The molecule has 1 aromatic rings. The van der Waals surface area contributed by atoms with Crippen LogP contribution in [0, 0.1) is 5.82 Å². The number of carbonyl (C=O) groups excluding carboxylic acids is 2. The molecular weight excluding hydrogens is 325 g/mol. The van der Waals surface area contributed by atoms with Crippen LogP contribution in [-0.2, 0) is 20.7 Å². The molecule has 0 saturated carbocycles. The molecule has 3 rings (SSSR count). The molecule has 0 aromatic heterocycles. The highest BCUT2D eigenvalue weighted by molar-refractivity contribution is 5.96. The van der Waals surface area contributed by atoms with Crippen LogP contribution in [0.15, 0.2) is 12.1 Å². The Balaban J connectivity index is 0.00000192.